The van der Waals surface area contributed by atoms with Crippen LogP contribution in [0.1, 0.15) is 26.7 Å². The zero-order valence-electron chi connectivity index (χ0n) is 6.74. The van der Waals surface area contributed by atoms with Crippen LogP contribution in [0.25, 0.3) is 0 Å². The summed E-state index contributed by atoms with van der Waals surface area (Å²) >= 11 is 0. The lowest BCUT2D eigenvalue weighted by molar-refractivity contribution is 0.935. The number of rotatable bonds is 2. The van der Waals surface area contributed by atoms with Gasteiger partial charge in [0.25, 0.3) is 0 Å². The molecule has 0 nitrogen and oxygen atoms in total. The molecule has 1 saturated heterocycles. The van der Waals surface area contributed by atoms with Crippen molar-refractivity contribution in [2.24, 2.45) is 0 Å². The standard InChI is InChI=1S/C8H18Si/c1-3-9(4-2)7-5-6-8-9/h3-8H2,1-2H3. The molecule has 0 radical (unpaired) electrons. The van der Waals surface area contributed by atoms with Gasteiger partial charge >= 0.3 is 0 Å². The molecule has 0 aromatic carbocycles. The van der Waals surface area contributed by atoms with Crippen molar-refractivity contribution in [1.29, 1.82) is 0 Å². The van der Waals surface area contributed by atoms with Crippen LogP contribution in [0.5, 0.6) is 0 Å². The first kappa shape index (κ1) is 7.33. The van der Waals surface area contributed by atoms with E-state index < -0.39 is 8.07 Å². The van der Waals surface area contributed by atoms with E-state index >= 15 is 0 Å². The fourth-order valence-electron chi connectivity index (χ4n) is 2.08. The lowest BCUT2D eigenvalue weighted by atomic mass is 10.4. The maximum absolute atomic E-state index is 2.40. The van der Waals surface area contributed by atoms with Gasteiger partial charge in [0.05, 0.1) is 8.07 Å². The Hall–Kier alpha value is 0.217. The van der Waals surface area contributed by atoms with Crippen molar-refractivity contribution in [3.8, 4) is 0 Å². The fourth-order valence-corrected chi connectivity index (χ4v) is 6.25. The Balaban J connectivity index is 2.45. The molecule has 0 aromatic heterocycles. The Kier molecular flexibility index (Phi) is 2.33. The zero-order valence-corrected chi connectivity index (χ0v) is 7.74. The molecule has 0 bridgehead atoms. The van der Waals surface area contributed by atoms with Gasteiger partial charge < -0.3 is 0 Å². The highest BCUT2D eigenvalue weighted by atomic mass is 28.3. The molecule has 1 fully saturated rings. The quantitative estimate of drug-likeness (QED) is 0.519. The summed E-state index contributed by atoms with van der Waals surface area (Å²) in [5, 5.41) is 0. The topological polar surface area (TPSA) is 0 Å². The van der Waals surface area contributed by atoms with Gasteiger partial charge in [0, 0.05) is 0 Å². The van der Waals surface area contributed by atoms with Crippen LogP contribution in [0.2, 0.25) is 24.2 Å². The molecule has 0 aromatic rings. The van der Waals surface area contributed by atoms with Gasteiger partial charge in [-0.1, -0.05) is 50.9 Å². The molecular weight excluding hydrogens is 124 g/mol. The third kappa shape index (κ3) is 1.37. The van der Waals surface area contributed by atoms with Gasteiger partial charge in [0.2, 0.25) is 0 Å². The molecule has 1 heterocycles. The van der Waals surface area contributed by atoms with E-state index in [1.807, 2.05) is 0 Å². The van der Waals surface area contributed by atoms with Crippen molar-refractivity contribution in [2.75, 3.05) is 0 Å². The average molecular weight is 142 g/mol. The SMILES string of the molecule is CC[Si]1(CC)CCCC1. The van der Waals surface area contributed by atoms with E-state index in [4.69, 9.17) is 0 Å². The normalized spacial score (nSPS) is 24.7. The van der Waals surface area contributed by atoms with Crippen molar-refractivity contribution in [3.63, 3.8) is 0 Å². The van der Waals surface area contributed by atoms with Crippen molar-refractivity contribution in [1.82, 2.24) is 0 Å². The summed E-state index contributed by atoms with van der Waals surface area (Å²) in [5.74, 6) is 0. The minimum absolute atomic E-state index is 0.580. The Morgan fingerprint density at radius 1 is 1.00 bits per heavy atom. The monoisotopic (exact) mass is 142 g/mol. The van der Waals surface area contributed by atoms with Gasteiger partial charge in [-0.3, -0.25) is 0 Å². The molecule has 0 saturated carbocycles. The molecule has 1 aliphatic rings. The summed E-state index contributed by atoms with van der Waals surface area (Å²) in [6.07, 6.45) is 3.10. The van der Waals surface area contributed by atoms with Crippen LogP contribution in [0.15, 0.2) is 0 Å². The van der Waals surface area contributed by atoms with E-state index in [0.717, 1.165) is 0 Å². The third-order valence-corrected chi connectivity index (χ3v) is 8.99. The van der Waals surface area contributed by atoms with Gasteiger partial charge in [0.1, 0.15) is 0 Å². The van der Waals surface area contributed by atoms with E-state index in [9.17, 15) is 0 Å². The van der Waals surface area contributed by atoms with Crippen molar-refractivity contribution in [3.05, 3.63) is 0 Å². The molecule has 0 atom stereocenters. The van der Waals surface area contributed by atoms with Crippen LogP contribution in [0.3, 0.4) is 0 Å². The zero-order chi connectivity index (χ0) is 6.74. The number of hydrogen-bond acceptors (Lipinski definition) is 0. The van der Waals surface area contributed by atoms with Crippen LogP contribution in [-0.4, -0.2) is 8.07 Å². The third-order valence-electron chi connectivity index (χ3n) is 3.16. The second-order valence-corrected chi connectivity index (χ2v) is 8.83. The van der Waals surface area contributed by atoms with Crippen LogP contribution in [0, 0.1) is 0 Å². The average Bonchev–Trinajstić information content (AvgIpc) is 2.36. The lowest BCUT2D eigenvalue weighted by Gasteiger charge is -2.21. The molecule has 0 unspecified atom stereocenters. The Bertz CT molecular complexity index is 76.6. The molecule has 0 aliphatic carbocycles. The first-order chi connectivity index (χ1) is 4.33. The molecule has 1 heteroatoms. The van der Waals surface area contributed by atoms with Gasteiger partial charge in [-0.05, 0) is 0 Å². The highest BCUT2D eigenvalue weighted by Crippen LogP contribution is 2.35. The summed E-state index contributed by atoms with van der Waals surface area (Å²) < 4.78 is 0. The lowest BCUT2D eigenvalue weighted by Crippen LogP contribution is -2.26. The predicted octanol–water partition coefficient (Wildman–Crippen LogP) is 3.27. The second kappa shape index (κ2) is 2.87. The van der Waals surface area contributed by atoms with Crippen molar-refractivity contribution >= 4 is 8.07 Å². The molecule has 0 spiro atoms. The highest BCUT2D eigenvalue weighted by Gasteiger charge is 2.31. The summed E-state index contributed by atoms with van der Waals surface area (Å²) in [5.41, 5.74) is 0. The van der Waals surface area contributed by atoms with Gasteiger partial charge in [0.15, 0.2) is 0 Å². The van der Waals surface area contributed by atoms with Gasteiger partial charge in [-0.25, -0.2) is 0 Å². The van der Waals surface area contributed by atoms with Gasteiger partial charge in [-0.15, -0.1) is 0 Å². The smallest absolute Gasteiger partial charge is 0.0530 e. The summed E-state index contributed by atoms with van der Waals surface area (Å²) in [6, 6.07) is 6.37. The minimum Gasteiger partial charge on any atom is -0.0678 e. The Morgan fingerprint density at radius 3 is 1.67 bits per heavy atom. The molecular formula is C8H18Si. The van der Waals surface area contributed by atoms with Crippen LogP contribution < -0.4 is 0 Å². The van der Waals surface area contributed by atoms with Crippen LogP contribution in [-0.2, 0) is 0 Å². The first-order valence-electron chi connectivity index (χ1n) is 4.33. The van der Waals surface area contributed by atoms with E-state index in [0.29, 0.717) is 0 Å². The summed E-state index contributed by atoms with van der Waals surface area (Å²) in [6.45, 7) is 4.81. The van der Waals surface area contributed by atoms with Crippen LogP contribution >= 0.6 is 0 Å². The Labute approximate surface area is 59.7 Å². The summed E-state index contributed by atoms with van der Waals surface area (Å²) in [7, 11) is -0.580. The summed E-state index contributed by atoms with van der Waals surface area (Å²) in [4.78, 5) is 0. The van der Waals surface area contributed by atoms with Crippen molar-refractivity contribution in [2.45, 2.75) is 50.9 Å². The highest BCUT2D eigenvalue weighted by molar-refractivity contribution is 6.80. The molecule has 9 heavy (non-hydrogen) atoms. The maximum atomic E-state index is 2.40. The Morgan fingerprint density at radius 2 is 1.44 bits per heavy atom. The van der Waals surface area contributed by atoms with Crippen molar-refractivity contribution < 1.29 is 0 Å². The number of hydrogen-bond donors (Lipinski definition) is 0. The largest absolute Gasteiger partial charge is 0.0678 e. The fraction of sp³-hybridized carbons (Fsp3) is 1.00. The van der Waals surface area contributed by atoms with E-state index in [1.54, 1.807) is 37.0 Å². The molecule has 1 aliphatic heterocycles. The first-order valence-corrected chi connectivity index (χ1v) is 7.16. The molecule has 1 rings (SSSR count). The van der Waals surface area contributed by atoms with Crippen LogP contribution in [0.4, 0.5) is 0 Å². The van der Waals surface area contributed by atoms with E-state index in [-0.39, 0.29) is 0 Å². The maximum Gasteiger partial charge on any atom is 0.0530 e. The molecule has 0 N–H and O–H groups in total. The predicted molar refractivity (Wildman–Crippen MR) is 45.6 cm³/mol. The second-order valence-electron chi connectivity index (χ2n) is 3.41. The van der Waals surface area contributed by atoms with E-state index in [1.165, 1.54) is 0 Å². The van der Waals surface area contributed by atoms with Gasteiger partial charge in [-0.2, -0.15) is 0 Å². The molecule has 54 valence electrons. The van der Waals surface area contributed by atoms with E-state index in [2.05, 4.69) is 13.8 Å². The minimum atomic E-state index is -0.580. The molecule has 0 amide bonds.